The highest BCUT2D eigenvalue weighted by molar-refractivity contribution is 6.63. The molecule has 0 aliphatic rings. The summed E-state index contributed by atoms with van der Waals surface area (Å²) in [6, 6.07) is 0. The second-order valence-electron chi connectivity index (χ2n) is 8.53. The minimum absolute atomic E-state index is 0.795. The number of rotatable bonds is 17. The lowest BCUT2D eigenvalue weighted by atomic mass is 9.86. The summed E-state index contributed by atoms with van der Waals surface area (Å²) in [6.45, 7) is -0.682. The highest BCUT2D eigenvalue weighted by Gasteiger charge is 2.98. The van der Waals surface area contributed by atoms with Crippen LogP contribution in [0.5, 0.6) is 0 Å². The molecule has 0 aliphatic carbocycles. The van der Waals surface area contributed by atoms with Crippen molar-refractivity contribution in [2.75, 3.05) is 19.8 Å². The van der Waals surface area contributed by atoms with Gasteiger partial charge in [-0.3, -0.25) is 0 Å². The molecule has 45 heavy (non-hydrogen) atoms. The smallest absolute Gasteiger partial charge is 0.370 e. The Balaban J connectivity index is 7.22. The highest BCUT2D eigenvalue weighted by Crippen LogP contribution is 2.66. The standard InChI is InChI=1S/C18H17F23O3Si/c1-4-42-45(43-5-2,44-6-3)9(21,22)7-8(19,20)10(23,24)11(25,26)12(27,28)13(29,30)14(31,32)15(33,34)16(35,36)17(37,38)18(39,40)41/h4-7H2,1-3H3. The molecule has 0 fully saturated rings. The van der Waals surface area contributed by atoms with E-state index in [2.05, 4.69) is 13.3 Å². The van der Waals surface area contributed by atoms with Crippen LogP contribution in [0, 0.1) is 0 Å². The van der Waals surface area contributed by atoms with Gasteiger partial charge in [0.05, 0.1) is 6.42 Å². The zero-order valence-electron chi connectivity index (χ0n) is 21.7. The molecule has 0 saturated carbocycles. The Hall–Kier alpha value is -1.51. The van der Waals surface area contributed by atoms with E-state index in [9.17, 15) is 101 Å². The maximum absolute atomic E-state index is 14.8. The van der Waals surface area contributed by atoms with E-state index in [1.807, 2.05) is 0 Å². The van der Waals surface area contributed by atoms with Gasteiger partial charge in [-0.2, -0.15) is 92.2 Å². The lowest BCUT2D eigenvalue weighted by Crippen LogP contribution is -2.77. The molecule has 0 aromatic rings. The van der Waals surface area contributed by atoms with Crippen molar-refractivity contribution in [2.24, 2.45) is 0 Å². The van der Waals surface area contributed by atoms with E-state index < -0.39 is 100 Å². The van der Waals surface area contributed by atoms with Gasteiger partial charge in [-0.15, -0.1) is 0 Å². The molecule has 27 heteroatoms. The van der Waals surface area contributed by atoms with Crippen LogP contribution in [-0.4, -0.2) is 93.6 Å². The predicted octanol–water partition coefficient (Wildman–Crippen LogP) is 8.88. The molecule has 0 radical (unpaired) electrons. The molecule has 0 heterocycles. The van der Waals surface area contributed by atoms with Crippen molar-refractivity contribution in [3.63, 3.8) is 0 Å². The van der Waals surface area contributed by atoms with Crippen molar-refractivity contribution in [3.8, 4) is 0 Å². The summed E-state index contributed by atoms with van der Waals surface area (Å²) in [7, 11) is -6.16. The van der Waals surface area contributed by atoms with E-state index >= 15 is 0 Å². The molecule has 3 nitrogen and oxygen atoms in total. The van der Waals surface area contributed by atoms with E-state index in [0.717, 1.165) is 20.8 Å². The number of alkyl halides is 23. The molecule has 0 aromatic carbocycles. The molecular weight excluding hydrogens is 729 g/mol. The van der Waals surface area contributed by atoms with Gasteiger partial charge in [0.25, 0.3) is 0 Å². The largest absolute Gasteiger partial charge is 0.574 e. The molecule has 0 atom stereocenters. The third-order valence-electron chi connectivity index (χ3n) is 5.47. The Morgan fingerprint density at radius 2 is 0.578 bits per heavy atom. The molecule has 0 unspecified atom stereocenters. The summed E-state index contributed by atoms with van der Waals surface area (Å²) in [6.07, 6.45) is -12.3. The fourth-order valence-electron chi connectivity index (χ4n) is 3.10. The Labute approximate surface area is 236 Å². The van der Waals surface area contributed by atoms with Crippen LogP contribution in [0.25, 0.3) is 0 Å². The summed E-state index contributed by atoms with van der Waals surface area (Å²) in [5, 5.41) is 0. The minimum atomic E-state index is -9.37. The molecule has 0 amide bonds. The average Bonchev–Trinajstić information content (AvgIpc) is 2.81. The summed E-state index contributed by atoms with van der Waals surface area (Å²) in [5.74, 6) is -79.9. The Morgan fingerprint density at radius 1 is 0.356 bits per heavy atom. The van der Waals surface area contributed by atoms with Crippen LogP contribution >= 0.6 is 0 Å². The third kappa shape index (κ3) is 6.14. The predicted molar refractivity (Wildman–Crippen MR) is 101 cm³/mol. The Kier molecular flexibility index (Phi) is 11.8. The molecule has 0 saturated heterocycles. The zero-order chi connectivity index (χ0) is 36.9. The van der Waals surface area contributed by atoms with E-state index in [-0.39, 0.29) is 0 Å². The first-order valence-corrected chi connectivity index (χ1v) is 12.9. The lowest BCUT2D eigenvalue weighted by molar-refractivity contribution is -0.474. The maximum Gasteiger partial charge on any atom is 0.574 e. The van der Waals surface area contributed by atoms with Crippen LogP contribution in [0.4, 0.5) is 101 Å². The van der Waals surface area contributed by atoms with Crippen molar-refractivity contribution in [1.82, 2.24) is 0 Å². The summed E-state index contributed by atoms with van der Waals surface area (Å²) >= 11 is 0. The molecule has 0 N–H and O–H groups in total. The van der Waals surface area contributed by atoms with E-state index in [1.54, 1.807) is 0 Å². The molecule has 0 aromatic heterocycles. The molecule has 0 aliphatic heterocycles. The second kappa shape index (κ2) is 12.2. The number of hydrogen-bond donors (Lipinski definition) is 0. The van der Waals surface area contributed by atoms with Gasteiger partial charge < -0.3 is 13.3 Å². The first-order valence-electron chi connectivity index (χ1n) is 11.2. The van der Waals surface area contributed by atoms with Gasteiger partial charge in [0.2, 0.25) is 0 Å². The van der Waals surface area contributed by atoms with Crippen LogP contribution in [0.15, 0.2) is 0 Å². The van der Waals surface area contributed by atoms with Gasteiger partial charge in [0.15, 0.2) is 0 Å². The fraction of sp³-hybridized carbons (Fsp3) is 1.00. The summed E-state index contributed by atoms with van der Waals surface area (Å²) in [5.41, 5.74) is -5.81. The maximum atomic E-state index is 14.8. The molecule has 0 bridgehead atoms. The van der Waals surface area contributed by atoms with Gasteiger partial charge in [-0.1, -0.05) is 0 Å². The van der Waals surface area contributed by atoms with Gasteiger partial charge in [0, 0.05) is 19.8 Å². The number of hydrogen-bond acceptors (Lipinski definition) is 3. The molecule has 272 valence electrons. The van der Waals surface area contributed by atoms with Crippen molar-refractivity contribution in [3.05, 3.63) is 0 Å². The molecule has 0 rings (SSSR count). The summed E-state index contributed by atoms with van der Waals surface area (Å²) < 4.78 is 326. The Morgan fingerprint density at radius 3 is 0.800 bits per heavy atom. The van der Waals surface area contributed by atoms with Crippen LogP contribution < -0.4 is 0 Å². The normalized spacial score (nSPS) is 16.4. The number of halogens is 23. The average molecular weight is 746 g/mol. The first-order chi connectivity index (χ1) is 19.4. The summed E-state index contributed by atoms with van der Waals surface area (Å²) in [4.78, 5) is 0. The van der Waals surface area contributed by atoms with Crippen molar-refractivity contribution < 1.29 is 114 Å². The lowest BCUT2D eigenvalue weighted by Gasteiger charge is -2.45. The van der Waals surface area contributed by atoms with Crippen molar-refractivity contribution in [2.45, 2.75) is 92.2 Å². The van der Waals surface area contributed by atoms with Gasteiger partial charge in [-0.05, 0) is 20.8 Å². The monoisotopic (exact) mass is 746 g/mol. The molecular formula is C18H17F23O3Si. The van der Waals surface area contributed by atoms with Crippen LogP contribution in [0.2, 0.25) is 0 Å². The van der Waals surface area contributed by atoms with Crippen LogP contribution in [0.3, 0.4) is 0 Å². The van der Waals surface area contributed by atoms with Crippen LogP contribution in [-0.2, 0) is 13.3 Å². The topological polar surface area (TPSA) is 27.7 Å². The SMILES string of the molecule is CCO[Si](OCC)(OCC)C(F)(F)CC(F)(F)C(F)(F)C(F)(F)C(F)(F)C(F)(F)C(F)(F)C(F)(F)C(F)(F)C(F)(F)C(F)(F)F. The highest BCUT2D eigenvalue weighted by atomic mass is 28.4. The minimum Gasteiger partial charge on any atom is -0.370 e. The zero-order valence-corrected chi connectivity index (χ0v) is 22.7. The van der Waals surface area contributed by atoms with Gasteiger partial charge in [-0.25, -0.2) is 8.78 Å². The van der Waals surface area contributed by atoms with E-state index in [0.29, 0.717) is 0 Å². The van der Waals surface area contributed by atoms with Crippen molar-refractivity contribution >= 4 is 8.80 Å². The van der Waals surface area contributed by atoms with Gasteiger partial charge in [0.1, 0.15) is 0 Å². The quantitative estimate of drug-likeness (QED) is 0.110. The van der Waals surface area contributed by atoms with Gasteiger partial charge >= 0.3 is 73.8 Å². The van der Waals surface area contributed by atoms with Crippen molar-refractivity contribution in [1.29, 1.82) is 0 Å². The third-order valence-corrected chi connectivity index (χ3v) is 8.55. The second-order valence-corrected chi connectivity index (χ2v) is 11.2. The fourth-order valence-corrected chi connectivity index (χ4v) is 5.56. The molecule has 0 spiro atoms. The van der Waals surface area contributed by atoms with E-state index in [1.165, 1.54) is 0 Å². The Bertz CT molecular complexity index is 991. The van der Waals surface area contributed by atoms with Crippen LogP contribution in [0.1, 0.15) is 27.2 Å². The van der Waals surface area contributed by atoms with E-state index in [4.69, 9.17) is 0 Å². The first kappa shape index (κ1) is 43.5.